The molecule has 0 aliphatic heterocycles. The average molecular weight is 385 g/mol. The number of phenols is 2. The molecule has 3 aromatic rings. The molecule has 1 heterocycles. The van der Waals surface area contributed by atoms with Gasteiger partial charge in [-0.15, -0.1) is 0 Å². The molecule has 7 nitrogen and oxygen atoms in total. The molecule has 1 aromatic heterocycles. The van der Waals surface area contributed by atoms with E-state index in [1.807, 2.05) is 6.07 Å². The number of halogens is 1. The Kier molecular flexibility index (Phi) is 5.14. The Bertz CT molecular complexity index is 1020. The number of hydrogen-bond acceptors (Lipinski definition) is 5. The van der Waals surface area contributed by atoms with Crippen molar-refractivity contribution in [3.63, 3.8) is 0 Å². The van der Waals surface area contributed by atoms with E-state index in [0.717, 1.165) is 5.56 Å². The Balaban J connectivity index is 1.95. The largest absolute Gasteiger partial charge is 0.507 e. The van der Waals surface area contributed by atoms with Gasteiger partial charge in [-0.3, -0.25) is 9.89 Å². The summed E-state index contributed by atoms with van der Waals surface area (Å²) in [7, 11) is 0. The third-order valence-corrected chi connectivity index (χ3v) is 4.17. The van der Waals surface area contributed by atoms with Crippen molar-refractivity contribution in [3.05, 3.63) is 69.4 Å². The topological polar surface area (TPSA) is 125 Å². The van der Waals surface area contributed by atoms with E-state index < -0.39 is 5.91 Å². The number of aromatic nitrogens is 2. The number of amides is 1. The number of primary amides is 1. The van der Waals surface area contributed by atoms with Crippen LogP contribution in [0.1, 0.15) is 32.7 Å². The SMILES string of the molecule is Cc1cc(O)c(C=Nc2n[nH]c(Cc3cccc(Cl)c3)c2C(N)=O)c(O)c1. The van der Waals surface area contributed by atoms with Crippen molar-refractivity contribution < 1.29 is 15.0 Å². The molecule has 0 saturated carbocycles. The fourth-order valence-electron chi connectivity index (χ4n) is 2.72. The van der Waals surface area contributed by atoms with Gasteiger partial charge in [0.1, 0.15) is 17.1 Å². The van der Waals surface area contributed by atoms with Gasteiger partial charge in [0.25, 0.3) is 5.91 Å². The van der Waals surface area contributed by atoms with Crippen LogP contribution in [0.4, 0.5) is 5.82 Å². The predicted octanol–water partition coefficient (Wildman–Crippen LogP) is 3.22. The van der Waals surface area contributed by atoms with Gasteiger partial charge in [0.05, 0.1) is 11.3 Å². The van der Waals surface area contributed by atoms with E-state index in [1.165, 1.54) is 18.3 Å². The lowest BCUT2D eigenvalue weighted by Gasteiger charge is -2.04. The number of H-pyrrole nitrogens is 1. The van der Waals surface area contributed by atoms with E-state index in [1.54, 1.807) is 25.1 Å². The minimum atomic E-state index is -0.690. The van der Waals surface area contributed by atoms with E-state index in [9.17, 15) is 15.0 Å². The third-order valence-electron chi connectivity index (χ3n) is 3.94. The maximum Gasteiger partial charge on any atom is 0.254 e. The number of benzene rings is 2. The third kappa shape index (κ3) is 4.09. The minimum Gasteiger partial charge on any atom is -0.507 e. The summed E-state index contributed by atoms with van der Waals surface area (Å²) >= 11 is 5.99. The molecule has 3 rings (SSSR count). The number of aromatic amines is 1. The Hall–Kier alpha value is -3.32. The van der Waals surface area contributed by atoms with Crippen molar-refractivity contribution in [2.75, 3.05) is 0 Å². The van der Waals surface area contributed by atoms with Crippen LogP contribution in [0.15, 0.2) is 41.4 Å². The number of nitrogens with two attached hydrogens (primary N) is 1. The average Bonchev–Trinajstić information content (AvgIpc) is 2.96. The predicted molar refractivity (Wildman–Crippen MR) is 103 cm³/mol. The number of rotatable bonds is 5. The Morgan fingerprint density at radius 1 is 1.30 bits per heavy atom. The van der Waals surface area contributed by atoms with Crippen LogP contribution in [0.2, 0.25) is 5.02 Å². The Morgan fingerprint density at radius 3 is 2.63 bits per heavy atom. The van der Waals surface area contributed by atoms with Gasteiger partial charge in [-0.05, 0) is 42.3 Å². The number of aryl methyl sites for hydroxylation is 1. The lowest BCUT2D eigenvalue weighted by molar-refractivity contribution is 0.100. The number of phenolic OH excluding ortho intramolecular Hbond substituents is 2. The summed E-state index contributed by atoms with van der Waals surface area (Å²) in [6.45, 7) is 1.74. The molecule has 2 aromatic carbocycles. The molecule has 0 bridgehead atoms. The fraction of sp³-hybridized carbons (Fsp3) is 0.105. The van der Waals surface area contributed by atoms with Crippen LogP contribution in [-0.4, -0.2) is 32.5 Å². The molecule has 0 saturated heterocycles. The first kappa shape index (κ1) is 18.5. The molecule has 138 valence electrons. The van der Waals surface area contributed by atoms with Crippen LogP contribution in [0.5, 0.6) is 11.5 Å². The summed E-state index contributed by atoms with van der Waals surface area (Å²) in [5, 5.41) is 27.3. The summed E-state index contributed by atoms with van der Waals surface area (Å²) < 4.78 is 0. The van der Waals surface area contributed by atoms with Crippen molar-refractivity contribution in [2.24, 2.45) is 10.7 Å². The molecule has 1 amide bonds. The summed E-state index contributed by atoms with van der Waals surface area (Å²) in [6.07, 6.45) is 1.60. The van der Waals surface area contributed by atoms with Gasteiger partial charge >= 0.3 is 0 Å². The summed E-state index contributed by atoms with van der Waals surface area (Å²) in [5.41, 5.74) is 7.82. The van der Waals surface area contributed by atoms with E-state index in [-0.39, 0.29) is 28.4 Å². The molecule has 8 heteroatoms. The fourth-order valence-corrected chi connectivity index (χ4v) is 2.93. The van der Waals surface area contributed by atoms with Gasteiger partial charge in [0.2, 0.25) is 0 Å². The van der Waals surface area contributed by atoms with Gasteiger partial charge in [-0.25, -0.2) is 4.99 Å². The number of carbonyl (C=O) groups is 1. The monoisotopic (exact) mass is 384 g/mol. The highest BCUT2D eigenvalue weighted by Gasteiger charge is 2.18. The second-order valence-corrected chi connectivity index (χ2v) is 6.48. The van der Waals surface area contributed by atoms with Crippen LogP contribution >= 0.6 is 11.6 Å². The highest BCUT2D eigenvalue weighted by Crippen LogP contribution is 2.28. The smallest absolute Gasteiger partial charge is 0.254 e. The molecule has 0 atom stereocenters. The number of aliphatic imine (C=N–C) groups is 1. The maximum absolute atomic E-state index is 11.9. The van der Waals surface area contributed by atoms with Crippen LogP contribution in [0.3, 0.4) is 0 Å². The van der Waals surface area contributed by atoms with Crippen molar-refractivity contribution in [1.82, 2.24) is 10.2 Å². The Labute approximate surface area is 160 Å². The van der Waals surface area contributed by atoms with Crippen LogP contribution in [0.25, 0.3) is 0 Å². The van der Waals surface area contributed by atoms with Crippen molar-refractivity contribution in [1.29, 1.82) is 0 Å². The van der Waals surface area contributed by atoms with Crippen LogP contribution in [0, 0.1) is 6.92 Å². The highest BCUT2D eigenvalue weighted by atomic mass is 35.5. The zero-order valence-corrected chi connectivity index (χ0v) is 15.2. The maximum atomic E-state index is 11.9. The molecule has 0 radical (unpaired) electrons. The molecule has 0 fully saturated rings. The Morgan fingerprint density at radius 2 is 2.00 bits per heavy atom. The second kappa shape index (κ2) is 7.51. The van der Waals surface area contributed by atoms with E-state index in [4.69, 9.17) is 17.3 Å². The number of carbonyl (C=O) groups excluding carboxylic acids is 1. The quantitative estimate of drug-likeness (QED) is 0.504. The molecule has 27 heavy (non-hydrogen) atoms. The molecule has 5 N–H and O–H groups in total. The number of nitrogens with zero attached hydrogens (tertiary/aromatic N) is 2. The van der Waals surface area contributed by atoms with E-state index in [0.29, 0.717) is 22.7 Å². The molecule has 0 aliphatic carbocycles. The molecule has 0 spiro atoms. The summed E-state index contributed by atoms with van der Waals surface area (Å²) in [4.78, 5) is 16.0. The minimum absolute atomic E-state index is 0.0684. The highest BCUT2D eigenvalue weighted by molar-refractivity contribution is 6.30. The van der Waals surface area contributed by atoms with E-state index >= 15 is 0 Å². The van der Waals surface area contributed by atoms with Gasteiger partial charge in [0, 0.05) is 17.7 Å². The van der Waals surface area contributed by atoms with Crippen molar-refractivity contribution in [3.8, 4) is 11.5 Å². The van der Waals surface area contributed by atoms with Crippen LogP contribution < -0.4 is 5.73 Å². The molecular weight excluding hydrogens is 368 g/mol. The number of hydrogen-bond donors (Lipinski definition) is 4. The van der Waals surface area contributed by atoms with Crippen molar-refractivity contribution in [2.45, 2.75) is 13.3 Å². The molecular formula is C19H17ClN4O3. The first-order chi connectivity index (χ1) is 12.8. The zero-order chi connectivity index (χ0) is 19.6. The molecule has 0 unspecified atom stereocenters. The number of nitrogens with one attached hydrogen (secondary N) is 1. The first-order valence-corrected chi connectivity index (χ1v) is 8.41. The lowest BCUT2D eigenvalue weighted by atomic mass is 10.1. The lowest BCUT2D eigenvalue weighted by Crippen LogP contribution is -2.13. The summed E-state index contributed by atoms with van der Waals surface area (Å²) in [5.74, 6) is -0.887. The van der Waals surface area contributed by atoms with Crippen molar-refractivity contribution >= 4 is 29.5 Å². The first-order valence-electron chi connectivity index (χ1n) is 8.03. The number of aromatic hydroxyl groups is 2. The van der Waals surface area contributed by atoms with Gasteiger partial charge < -0.3 is 15.9 Å². The second-order valence-electron chi connectivity index (χ2n) is 6.05. The molecule has 0 aliphatic rings. The standard InChI is InChI=1S/C19H17ClN4O3/c1-10-5-15(25)13(16(26)6-10)9-22-19-17(18(21)27)14(23-24-19)8-11-3-2-4-12(20)7-11/h2-7,9,25-26H,8H2,1H3,(H2,21,27)(H,23,24). The normalized spacial score (nSPS) is 11.2. The van der Waals surface area contributed by atoms with Gasteiger partial charge in [0.15, 0.2) is 5.82 Å². The summed E-state index contributed by atoms with van der Waals surface area (Å²) in [6, 6.07) is 10.2. The van der Waals surface area contributed by atoms with Crippen LogP contribution in [-0.2, 0) is 6.42 Å². The van der Waals surface area contributed by atoms with E-state index in [2.05, 4.69) is 15.2 Å². The van der Waals surface area contributed by atoms with Gasteiger partial charge in [-0.1, -0.05) is 23.7 Å². The van der Waals surface area contributed by atoms with Gasteiger partial charge in [-0.2, -0.15) is 5.10 Å². The zero-order valence-electron chi connectivity index (χ0n) is 14.4.